The molecule has 1 aromatic heterocycles. The highest BCUT2D eigenvalue weighted by Gasteiger charge is 2.12. The summed E-state index contributed by atoms with van der Waals surface area (Å²) >= 11 is 5.90. The second-order valence-electron chi connectivity index (χ2n) is 4.55. The van der Waals surface area contributed by atoms with Crippen LogP contribution in [0.5, 0.6) is 0 Å². The molecule has 0 fully saturated rings. The summed E-state index contributed by atoms with van der Waals surface area (Å²) in [6.07, 6.45) is 2.80. The molecule has 94 valence electrons. The number of aldehydes is 1. The van der Waals surface area contributed by atoms with Gasteiger partial charge < -0.3 is 0 Å². The first kappa shape index (κ1) is 12.8. The van der Waals surface area contributed by atoms with Gasteiger partial charge in [0.2, 0.25) is 0 Å². The molecule has 1 aromatic carbocycles. The predicted molar refractivity (Wildman–Crippen MR) is 73.2 cm³/mol. The molecule has 0 bridgehead atoms. The second kappa shape index (κ2) is 4.94. The van der Waals surface area contributed by atoms with Gasteiger partial charge in [0, 0.05) is 28.4 Å². The summed E-state index contributed by atoms with van der Waals surface area (Å²) in [6.45, 7) is 6.08. The van der Waals surface area contributed by atoms with Crippen LogP contribution in [0.3, 0.4) is 0 Å². The van der Waals surface area contributed by atoms with Gasteiger partial charge in [0.15, 0.2) is 6.29 Å². The van der Waals surface area contributed by atoms with Crippen molar-refractivity contribution in [2.24, 2.45) is 0 Å². The van der Waals surface area contributed by atoms with Gasteiger partial charge in [0.1, 0.15) is 0 Å². The normalized spacial score (nSPS) is 10.9. The first-order chi connectivity index (χ1) is 8.52. The lowest BCUT2D eigenvalue weighted by molar-refractivity contribution is 0.112. The molecule has 0 aliphatic rings. The monoisotopic (exact) mass is 262 g/mol. The minimum absolute atomic E-state index is 0.296. The van der Waals surface area contributed by atoms with E-state index >= 15 is 0 Å². The van der Waals surface area contributed by atoms with E-state index in [1.165, 1.54) is 0 Å². The molecule has 0 saturated carbocycles. The summed E-state index contributed by atoms with van der Waals surface area (Å²) in [5.41, 5.74) is 3.35. The Balaban J connectivity index is 2.58. The van der Waals surface area contributed by atoms with Crippen molar-refractivity contribution in [3.63, 3.8) is 0 Å². The highest BCUT2D eigenvalue weighted by molar-refractivity contribution is 6.31. The third-order valence-electron chi connectivity index (χ3n) is 2.88. The number of aromatic nitrogens is 2. The van der Waals surface area contributed by atoms with E-state index in [1.807, 2.05) is 23.9 Å². The third kappa shape index (κ3) is 2.31. The number of benzene rings is 1. The van der Waals surface area contributed by atoms with Crippen molar-refractivity contribution in [1.29, 1.82) is 0 Å². The van der Waals surface area contributed by atoms with Gasteiger partial charge >= 0.3 is 0 Å². The summed E-state index contributed by atoms with van der Waals surface area (Å²) in [6, 6.07) is 5.62. The number of hydrogen-bond acceptors (Lipinski definition) is 2. The van der Waals surface area contributed by atoms with Gasteiger partial charge in [-0.25, -0.2) is 0 Å². The molecule has 0 aliphatic carbocycles. The Labute approximate surface area is 111 Å². The highest BCUT2D eigenvalue weighted by atomic mass is 35.5. The fourth-order valence-electron chi connectivity index (χ4n) is 1.89. The lowest BCUT2D eigenvalue weighted by Gasteiger charge is -2.04. The average molecular weight is 263 g/mol. The molecule has 0 atom stereocenters. The van der Waals surface area contributed by atoms with E-state index in [1.54, 1.807) is 12.1 Å². The minimum atomic E-state index is 0.296. The van der Waals surface area contributed by atoms with Gasteiger partial charge in [-0.05, 0) is 38.5 Å². The van der Waals surface area contributed by atoms with Crippen LogP contribution in [0.4, 0.5) is 0 Å². The molecule has 0 saturated heterocycles. The van der Waals surface area contributed by atoms with E-state index in [4.69, 9.17) is 11.6 Å². The Morgan fingerprint density at radius 1 is 1.33 bits per heavy atom. The van der Waals surface area contributed by atoms with Crippen LogP contribution in [0.15, 0.2) is 24.4 Å². The Kier molecular flexibility index (Phi) is 3.53. The minimum Gasteiger partial charge on any atom is -0.298 e. The number of halogens is 1. The van der Waals surface area contributed by atoms with E-state index in [0.29, 0.717) is 16.6 Å². The topological polar surface area (TPSA) is 34.9 Å². The van der Waals surface area contributed by atoms with E-state index in [9.17, 15) is 4.79 Å². The fourth-order valence-corrected chi connectivity index (χ4v) is 2.07. The van der Waals surface area contributed by atoms with E-state index < -0.39 is 0 Å². The van der Waals surface area contributed by atoms with Crippen molar-refractivity contribution < 1.29 is 4.79 Å². The zero-order valence-electron chi connectivity index (χ0n) is 10.6. The molecule has 2 rings (SSSR count). The maximum absolute atomic E-state index is 11.1. The smallest absolute Gasteiger partial charge is 0.150 e. The summed E-state index contributed by atoms with van der Waals surface area (Å²) in [7, 11) is 0. The van der Waals surface area contributed by atoms with Crippen molar-refractivity contribution in [2.75, 3.05) is 0 Å². The standard InChI is InChI=1S/C14H15ClN2O/c1-9(2)17-7-14(10(3)16-17)13-5-4-12(15)6-11(13)8-18/h4-9H,1-3H3. The fraction of sp³-hybridized carbons (Fsp3) is 0.286. The third-order valence-corrected chi connectivity index (χ3v) is 3.11. The van der Waals surface area contributed by atoms with Crippen LogP contribution in [-0.4, -0.2) is 16.1 Å². The Morgan fingerprint density at radius 2 is 2.06 bits per heavy atom. The van der Waals surface area contributed by atoms with Crippen molar-refractivity contribution >= 4 is 17.9 Å². The lowest BCUT2D eigenvalue weighted by atomic mass is 10.0. The molecule has 0 N–H and O–H groups in total. The van der Waals surface area contributed by atoms with Crippen LogP contribution in [0, 0.1) is 6.92 Å². The number of aryl methyl sites for hydroxylation is 1. The molecule has 0 aliphatic heterocycles. The Bertz CT molecular complexity index is 587. The number of carbonyl (C=O) groups excluding carboxylic acids is 1. The van der Waals surface area contributed by atoms with Crippen LogP contribution in [-0.2, 0) is 0 Å². The molecule has 18 heavy (non-hydrogen) atoms. The van der Waals surface area contributed by atoms with Crippen LogP contribution in [0.2, 0.25) is 5.02 Å². The van der Waals surface area contributed by atoms with Crippen LogP contribution < -0.4 is 0 Å². The molecule has 0 radical (unpaired) electrons. The molecule has 4 heteroatoms. The van der Waals surface area contributed by atoms with Crippen molar-refractivity contribution in [3.05, 3.63) is 40.7 Å². The first-order valence-corrected chi connectivity index (χ1v) is 6.21. The molecular weight excluding hydrogens is 248 g/mol. The Morgan fingerprint density at radius 3 is 2.61 bits per heavy atom. The van der Waals surface area contributed by atoms with Gasteiger partial charge in [-0.2, -0.15) is 5.10 Å². The maximum Gasteiger partial charge on any atom is 0.150 e. The number of rotatable bonds is 3. The van der Waals surface area contributed by atoms with Crippen LogP contribution in [0.1, 0.15) is 35.9 Å². The van der Waals surface area contributed by atoms with E-state index in [-0.39, 0.29) is 0 Å². The van der Waals surface area contributed by atoms with Crippen molar-refractivity contribution in [3.8, 4) is 11.1 Å². The van der Waals surface area contributed by atoms with Gasteiger partial charge in [0.25, 0.3) is 0 Å². The maximum atomic E-state index is 11.1. The predicted octanol–water partition coefficient (Wildman–Crippen LogP) is 3.91. The van der Waals surface area contributed by atoms with Crippen molar-refractivity contribution in [2.45, 2.75) is 26.8 Å². The van der Waals surface area contributed by atoms with Crippen LogP contribution in [0.25, 0.3) is 11.1 Å². The average Bonchev–Trinajstić information content (AvgIpc) is 2.71. The van der Waals surface area contributed by atoms with Gasteiger partial charge in [0.05, 0.1) is 5.69 Å². The van der Waals surface area contributed by atoms with Gasteiger partial charge in [-0.3, -0.25) is 9.48 Å². The Hall–Kier alpha value is -1.61. The van der Waals surface area contributed by atoms with E-state index in [0.717, 1.165) is 23.1 Å². The number of hydrogen-bond donors (Lipinski definition) is 0. The number of nitrogens with zero attached hydrogens (tertiary/aromatic N) is 2. The summed E-state index contributed by atoms with van der Waals surface area (Å²) < 4.78 is 1.90. The molecule has 0 amide bonds. The lowest BCUT2D eigenvalue weighted by Crippen LogP contribution is -2.00. The SMILES string of the molecule is Cc1nn(C(C)C)cc1-c1ccc(Cl)cc1C=O. The number of carbonyl (C=O) groups is 1. The van der Waals surface area contributed by atoms with Crippen molar-refractivity contribution in [1.82, 2.24) is 9.78 Å². The first-order valence-electron chi connectivity index (χ1n) is 5.83. The molecule has 3 nitrogen and oxygen atoms in total. The summed E-state index contributed by atoms with van der Waals surface area (Å²) in [4.78, 5) is 11.1. The molecule has 0 spiro atoms. The second-order valence-corrected chi connectivity index (χ2v) is 4.99. The summed E-state index contributed by atoms with van der Waals surface area (Å²) in [5.74, 6) is 0. The largest absolute Gasteiger partial charge is 0.298 e. The zero-order valence-corrected chi connectivity index (χ0v) is 11.4. The zero-order chi connectivity index (χ0) is 13.3. The molecular formula is C14H15ClN2O. The van der Waals surface area contributed by atoms with E-state index in [2.05, 4.69) is 18.9 Å². The molecule has 1 heterocycles. The van der Waals surface area contributed by atoms with Gasteiger partial charge in [-0.1, -0.05) is 17.7 Å². The highest BCUT2D eigenvalue weighted by Crippen LogP contribution is 2.28. The molecule has 0 unspecified atom stereocenters. The van der Waals surface area contributed by atoms with Crippen LogP contribution >= 0.6 is 11.6 Å². The summed E-state index contributed by atoms with van der Waals surface area (Å²) in [5, 5.41) is 5.02. The van der Waals surface area contributed by atoms with Gasteiger partial charge in [-0.15, -0.1) is 0 Å². The molecule has 2 aromatic rings. The quantitative estimate of drug-likeness (QED) is 0.786.